The minimum atomic E-state index is -0.142. The molecule has 0 aliphatic carbocycles. The number of rotatable bonds is 6. The van der Waals surface area contributed by atoms with Gasteiger partial charge in [0.2, 0.25) is 0 Å². The molecule has 3 aromatic heterocycles. The summed E-state index contributed by atoms with van der Waals surface area (Å²) in [6.07, 6.45) is 3.36. The highest BCUT2D eigenvalue weighted by molar-refractivity contribution is 7.12. The van der Waals surface area contributed by atoms with Crippen molar-refractivity contribution in [1.29, 1.82) is 0 Å². The van der Waals surface area contributed by atoms with Crippen LogP contribution < -0.4 is 5.32 Å². The Balaban J connectivity index is 1.43. The second kappa shape index (κ2) is 8.63. The van der Waals surface area contributed by atoms with Gasteiger partial charge in [-0.15, -0.1) is 11.3 Å². The van der Waals surface area contributed by atoms with E-state index in [1.807, 2.05) is 54.2 Å². The summed E-state index contributed by atoms with van der Waals surface area (Å²) in [6.45, 7) is 4.97. The molecule has 4 rings (SSSR count). The normalized spacial score (nSPS) is 11.1. The number of nitrogens with one attached hydrogen (secondary N) is 1. The second-order valence-electron chi connectivity index (χ2n) is 6.97. The number of aromatic nitrogens is 4. The number of benzene rings is 1. The quantitative estimate of drug-likeness (QED) is 0.418. The number of nitrogens with zero attached hydrogens (tertiary/aromatic N) is 4. The standard InChI is InChI=1S/C21H19Cl2N5OS/c1-13-20(23)14(2)28(26-13)10-16-7-19(30-12-16)21(29)25-18-5-3-4-15(6-18)9-27-11-17(22)8-24-27/h3-8,11-12H,9-10H2,1-2H3,(H,25,29). The van der Waals surface area contributed by atoms with Crippen molar-refractivity contribution in [2.45, 2.75) is 26.9 Å². The van der Waals surface area contributed by atoms with E-state index < -0.39 is 0 Å². The highest BCUT2D eigenvalue weighted by atomic mass is 35.5. The maximum Gasteiger partial charge on any atom is 0.265 e. The van der Waals surface area contributed by atoms with E-state index in [1.165, 1.54) is 11.3 Å². The molecule has 4 aromatic rings. The van der Waals surface area contributed by atoms with Crippen LogP contribution in [0.2, 0.25) is 10.0 Å². The Morgan fingerprint density at radius 3 is 2.70 bits per heavy atom. The van der Waals surface area contributed by atoms with Gasteiger partial charge >= 0.3 is 0 Å². The maximum absolute atomic E-state index is 12.7. The molecule has 1 amide bonds. The van der Waals surface area contributed by atoms with Gasteiger partial charge in [0.15, 0.2) is 0 Å². The van der Waals surface area contributed by atoms with Crippen LogP contribution in [0.4, 0.5) is 5.69 Å². The number of amides is 1. The Kier molecular flexibility index (Phi) is 5.94. The van der Waals surface area contributed by atoms with Crippen molar-refractivity contribution in [3.05, 3.63) is 85.5 Å². The molecule has 1 N–H and O–H groups in total. The lowest BCUT2D eigenvalue weighted by atomic mass is 10.2. The molecule has 0 saturated carbocycles. The summed E-state index contributed by atoms with van der Waals surface area (Å²) in [7, 11) is 0. The molecule has 0 radical (unpaired) electrons. The summed E-state index contributed by atoms with van der Waals surface area (Å²) in [6, 6.07) is 9.57. The molecule has 0 aliphatic heterocycles. The number of carbonyl (C=O) groups excluding carboxylic acids is 1. The van der Waals surface area contributed by atoms with E-state index >= 15 is 0 Å². The van der Waals surface area contributed by atoms with Gasteiger partial charge in [0.1, 0.15) is 0 Å². The number of thiophene rings is 1. The molecule has 0 aliphatic rings. The van der Waals surface area contributed by atoms with Crippen molar-refractivity contribution in [2.24, 2.45) is 0 Å². The molecule has 0 bridgehead atoms. The molecule has 154 valence electrons. The number of hydrogen-bond donors (Lipinski definition) is 1. The predicted molar refractivity (Wildman–Crippen MR) is 121 cm³/mol. The van der Waals surface area contributed by atoms with Crippen LogP contribution in [0.1, 0.15) is 32.2 Å². The second-order valence-corrected chi connectivity index (χ2v) is 8.70. The summed E-state index contributed by atoms with van der Waals surface area (Å²) < 4.78 is 3.60. The molecule has 0 saturated heterocycles. The molecule has 0 unspecified atom stereocenters. The molecule has 0 atom stereocenters. The molecule has 3 heterocycles. The van der Waals surface area contributed by atoms with Gasteiger partial charge in [-0.1, -0.05) is 35.3 Å². The van der Waals surface area contributed by atoms with Crippen molar-refractivity contribution in [1.82, 2.24) is 19.6 Å². The van der Waals surface area contributed by atoms with Gasteiger partial charge in [0, 0.05) is 11.9 Å². The number of anilines is 1. The zero-order chi connectivity index (χ0) is 21.3. The first-order chi connectivity index (χ1) is 14.4. The summed E-state index contributed by atoms with van der Waals surface area (Å²) in [4.78, 5) is 13.3. The third-order valence-electron chi connectivity index (χ3n) is 4.63. The van der Waals surface area contributed by atoms with Crippen molar-refractivity contribution in [2.75, 3.05) is 5.32 Å². The van der Waals surface area contributed by atoms with Gasteiger partial charge < -0.3 is 5.32 Å². The molecular formula is C21H19Cl2N5OS. The Morgan fingerprint density at radius 2 is 2.00 bits per heavy atom. The fourth-order valence-corrected chi connectivity index (χ4v) is 4.22. The van der Waals surface area contributed by atoms with E-state index in [0.717, 1.165) is 28.2 Å². The van der Waals surface area contributed by atoms with Crippen molar-refractivity contribution in [3.8, 4) is 0 Å². The molecular weight excluding hydrogens is 441 g/mol. The van der Waals surface area contributed by atoms with Crippen molar-refractivity contribution in [3.63, 3.8) is 0 Å². The van der Waals surface area contributed by atoms with E-state index in [-0.39, 0.29) is 5.91 Å². The van der Waals surface area contributed by atoms with Crippen LogP contribution in [-0.4, -0.2) is 25.5 Å². The first-order valence-corrected chi connectivity index (χ1v) is 10.9. The Hall–Kier alpha value is -2.61. The Labute approximate surface area is 188 Å². The minimum Gasteiger partial charge on any atom is -0.321 e. The molecule has 6 nitrogen and oxygen atoms in total. The monoisotopic (exact) mass is 459 g/mol. The van der Waals surface area contributed by atoms with E-state index in [1.54, 1.807) is 17.1 Å². The first kappa shape index (κ1) is 20.7. The fourth-order valence-electron chi connectivity index (χ4n) is 3.13. The summed E-state index contributed by atoms with van der Waals surface area (Å²) in [5, 5.41) is 14.8. The maximum atomic E-state index is 12.7. The van der Waals surface area contributed by atoms with Gasteiger partial charge in [0.25, 0.3) is 5.91 Å². The van der Waals surface area contributed by atoms with Crippen LogP contribution >= 0.6 is 34.5 Å². The van der Waals surface area contributed by atoms with E-state index in [9.17, 15) is 4.79 Å². The van der Waals surface area contributed by atoms with Gasteiger partial charge in [0.05, 0.1) is 45.6 Å². The predicted octanol–water partition coefficient (Wildman–Crippen LogP) is 5.41. The van der Waals surface area contributed by atoms with Crippen LogP contribution in [0.15, 0.2) is 48.1 Å². The van der Waals surface area contributed by atoms with Gasteiger partial charge in [-0.05, 0) is 48.6 Å². The van der Waals surface area contributed by atoms with E-state index in [0.29, 0.717) is 28.0 Å². The number of halogens is 2. The third kappa shape index (κ3) is 4.59. The lowest BCUT2D eigenvalue weighted by Crippen LogP contribution is -2.11. The molecule has 9 heteroatoms. The smallest absolute Gasteiger partial charge is 0.265 e. The van der Waals surface area contributed by atoms with Crippen molar-refractivity contribution < 1.29 is 4.79 Å². The number of hydrogen-bond acceptors (Lipinski definition) is 4. The third-order valence-corrected chi connectivity index (χ3v) is 6.35. The lowest BCUT2D eigenvalue weighted by Gasteiger charge is -2.07. The topological polar surface area (TPSA) is 64.7 Å². The van der Waals surface area contributed by atoms with Crippen LogP contribution in [-0.2, 0) is 13.1 Å². The Morgan fingerprint density at radius 1 is 1.17 bits per heavy atom. The van der Waals surface area contributed by atoms with E-state index in [4.69, 9.17) is 23.2 Å². The van der Waals surface area contributed by atoms with Crippen molar-refractivity contribution >= 4 is 46.1 Å². The lowest BCUT2D eigenvalue weighted by molar-refractivity contribution is 0.103. The van der Waals surface area contributed by atoms with Crippen LogP contribution in [0.3, 0.4) is 0 Å². The van der Waals surface area contributed by atoms with Crippen LogP contribution in [0.25, 0.3) is 0 Å². The molecule has 0 spiro atoms. The zero-order valence-corrected chi connectivity index (χ0v) is 18.7. The number of carbonyl (C=O) groups is 1. The van der Waals surface area contributed by atoms with Crippen LogP contribution in [0.5, 0.6) is 0 Å². The molecule has 0 fully saturated rings. The van der Waals surface area contributed by atoms with Gasteiger partial charge in [-0.3, -0.25) is 14.2 Å². The SMILES string of the molecule is Cc1nn(Cc2csc(C(=O)Nc3cccc(Cn4cc(Cl)cn4)c3)c2)c(C)c1Cl. The summed E-state index contributed by atoms with van der Waals surface area (Å²) in [5.74, 6) is -0.142. The first-order valence-electron chi connectivity index (χ1n) is 9.24. The summed E-state index contributed by atoms with van der Waals surface area (Å²) >= 11 is 13.5. The highest BCUT2D eigenvalue weighted by Crippen LogP contribution is 2.23. The number of aryl methyl sites for hydroxylation is 1. The zero-order valence-electron chi connectivity index (χ0n) is 16.4. The van der Waals surface area contributed by atoms with Crippen LogP contribution in [0, 0.1) is 13.8 Å². The minimum absolute atomic E-state index is 0.142. The summed E-state index contributed by atoms with van der Waals surface area (Å²) in [5.41, 5.74) is 4.48. The highest BCUT2D eigenvalue weighted by Gasteiger charge is 2.13. The molecule has 30 heavy (non-hydrogen) atoms. The van der Waals surface area contributed by atoms with Gasteiger partial charge in [-0.25, -0.2) is 0 Å². The van der Waals surface area contributed by atoms with Gasteiger partial charge in [-0.2, -0.15) is 10.2 Å². The average Bonchev–Trinajstić information content (AvgIpc) is 3.40. The fraction of sp³-hybridized carbons (Fsp3) is 0.190. The molecule has 1 aromatic carbocycles. The van der Waals surface area contributed by atoms with E-state index in [2.05, 4.69) is 15.5 Å². The average molecular weight is 460 g/mol. The Bertz CT molecular complexity index is 1210. The largest absolute Gasteiger partial charge is 0.321 e.